The molecule has 0 bridgehead atoms. The molecule has 1 aromatic rings. The Morgan fingerprint density at radius 2 is 1.68 bits per heavy atom. The lowest BCUT2D eigenvalue weighted by Crippen LogP contribution is -2.48. The fourth-order valence-corrected chi connectivity index (χ4v) is 3.66. The van der Waals surface area contributed by atoms with E-state index >= 15 is 0 Å². The Morgan fingerprint density at radius 1 is 1.05 bits per heavy atom. The summed E-state index contributed by atoms with van der Waals surface area (Å²) in [6.07, 6.45) is 7.15. The molecule has 1 aliphatic carbocycles. The monoisotopic (exact) mass is 302 g/mol. The van der Waals surface area contributed by atoms with Crippen molar-refractivity contribution in [2.45, 2.75) is 38.5 Å². The first-order valence-corrected chi connectivity index (χ1v) is 8.54. The minimum Gasteiger partial charge on any atom is -0.508 e. The van der Waals surface area contributed by atoms with E-state index in [2.05, 4.69) is 4.90 Å². The molecule has 22 heavy (non-hydrogen) atoms. The van der Waals surface area contributed by atoms with E-state index in [0.29, 0.717) is 11.7 Å². The highest BCUT2D eigenvalue weighted by Gasteiger charge is 2.23. The minimum absolute atomic E-state index is 0.296. The second kappa shape index (κ2) is 7.03. The van der Waals surface area contributed by atoms with E-state index in [0.717, 1.165) is 50.6 Å². The largest absolute Gasteiger partial charge is 0.508 e. The fourth-order valence-electron chi connectivity index (χ4n) is 3.66. The molecular formula is C18H26N2O2. The quantitative estimate of drug-likeness (QED) is 0.930. The Hall–Kier alpha value is -1.71. The molecule has 4 heteroatoms. The molecule has 0 unspecified atom stereocenters. The molecule has 1 saturated carbocycles. The molecule has 1 aliphatic heterocycles. The van der Waals surface area contributed by atoms with Crippen molar-refractivity contribution in [3.8, 4) is 5.75 Å². The number of phenolic OH excluding ortho intramolecular Hbond substituents is 1. The van der Waals surface area contributed by atoms with E-state index in [1.54, 1.807) is 12.1 Å². The zero-order chi connectivity index (χ0) is 15.4. The van der Waals surface area contributed by atoms with E-state index in [9.17, 15) is 9.90 Å². The summed E-state index contributed by atoms with van der Waals surface area (Å²) in [6, 6.07) is 7.31. The molecule has 2 aliphatic rings. The minimum atomic E-state index is 0.296. The number of nitrogens with zero attached hydrogens (tertiary/aromatic N) is 2. The third-order valence-electron chi connectivity index (χ3n) is 5.09. The lowest BCUT2D eigenvalue weighted by atomic mass is 10.0. The van der Waals surface area contributed by atoms with Crippen LogP contribution in [0.1, 0.15) is 38.5 Å². The number of phenols is 1. The second-order valence-corrected chi connectivity index (χ2v) is 6.57. The summed E-state index contributed by atoms with van der Waals surface area (Å²) in [7, 11) is 0. The number of piperazine rings is 1. The van der Waals surface area contributed by atoms with Gasteiger partial charge < -0.3 is 14.9 Å². The number of aromatic hydroxyl groups is 1. The molecule has 120 valence electrons. The van der Waals surface area contributed by atoms with Crippen LogP contribution >= 0.6 is 0 Å². The highest BCUT2D eigenvalue weighted by molar-refractivity contribution is 5.76. The van der Waals surface area contributed by atoms with Gasteiger partial charge in [-0.25, -0.2) is 0 Å². The summed E-state index contributed by atoms with van der Waals surface area (Å²) in [4.78, 5) is 16.6. The van der Waals surface area contributed by atoms with Crippen LogP contribution in [0, 0.1) is 5.92 Å². The normalized spacial score (nSPS) is 19.6. The number of amides is 1. The van der Waals surface area contributed by atoms with E-state index < -0.39 is 0 Å². The van der Waals surface area contributed by atoms with Gasteiger partial charge in [0.2, 0.25) is 5.91 Å². The third-order valence-corrected chi connectivity index (χ3v) is 5.09. The van der Waals surface area contributed by atoms with Gasteiger partial charge >= 0.3 is 0 Å². The maximum absolute atomic E-state index is 12.3. The van der Waals surface area contributed by atoms with Gasteiger partial charge in [-0.1, -0.05) is 25.7 Å². The van der Waals surface area contributed by atoms with Crippen molar-refractivity contribution in [2.24, 2.45) is 5.92 Å². The molecule has 0 spiro atoms. The van der Waals surface area contributed by atoms with Crippen LogP contribution < -0.4 is 4.90 Å². The van der Waals surface area contributed by atoms with Crippen LogP contribution in [-0.2, 0) is 4.79 Å². The molecule has 1 N–H and O–H groups in total. The fraction of sp³-hybridized carbons (Fsp3) is 0.611. The van der Waals surface area contributed by atoms with Crippen LogP contribution in [0.5, 0.6) is 5.75 Å². The van der Waals surface area contributed by atoms with E-state index in [-0.39, 0.29) is 0 Å². The number of rotatable bonds is 4. The summed E-state index contributed by atoms with van der Waals surface area (Å²) in [5, 5.41) is 9.35. The number of carbonyl (C=O) groups excluding carboxylic acids is 1. The van der Waals surface area contributed by atoms with Crippen molar-refractivity contribution in [1.29, 1.82) is 0 Å². The maximum atomic E-state index is 12.3. The number of hydrogen-bond acceptors (Lipinski definition) is 3. The Bertz CT molecular complexity index is 486. The lowest BCUT2D eigenvalue weighted by molar-refractivity contribution is -0.131. The molecule has 0 atom stereocenters. The Kier molecular flexibility index (Phi) is 4.86. The topological polar surface area (TPSA) is 43.8 Å². The smallest absolute Gasteiger partial charge is 0.222 e. The molecule has 4 nitrogen and oxygen atoms in total. The summed E-state index contributed by atoms with van der Waals surface area (Å²) in [5.74, 6) is 1.42. The number of benzene rings is 1. The SMILES string of the molecule is O=C(CCC1CCCC1)N1CCN(c2ccc(O)cc2)CC1. The zero-order valence-corrected chi connectivity index (χ0v) is 13.2. The van der Waals surface area contributed by atoms with Crippen LogP contribution in [0.3, 0.4) is 0 Å². The second-order valence-electron chi connectivity index (χ2n) is 6.57. The van der Waals surface area contributed by atoms with Crippen molar-refractivity contribution in [2.75, 3.05) is 31.1 Å². The van der Waals surface area contributed by atoms with Crippen LogP contribution in [0.4, 0.5) is 5.69 Å². The molecular weight excluding hydrogens is 276 g/mol. The van der Waals surface area contributed by atoms with Crippen molar-refractivity contribution in [3.63, 3.8) is 0 Å². The highest BCUT2D eigenvalue weighted by atomic mass is 16.3. The van der Waals surface area contributed by atoms with Crippen LogP contribution in [0.15, 0.2) is 24.3 Å². The van der Waals surface area contributed by atoms with Crippen LogP contribution in [0.25, 0.3) is 0 Å². The van der Waals surface area contributed by atoms with Gasteiger partial charge in [-0.2, -0.15) is 0 Å². The van der Waals surface area contributed by atoms with E-state index in [1.165, 1.54) is 25.7 Å². The molecule has 1 aromatic carbocycles. The standard InChI is InChI=1S/C18H26N2O2/c21-17-8-6-16(7-9-17)19-11-13-20(14-12-19)18(22)10-5-15-3-1-2-4-15/h6-9,15,21H,1-5,10-14H2. The van der Waals surface area contributed by atoms with Gasteiger partial charge in [0.1, 0.15) is 5.75 Å². The predicted octanol–water partition coefficient (Wildman–Crippen LogP) is 3.01. The molecule has 0 aromatic heterocycles. The molecule has 3 rings (SSSR count). The predicted molar refractivity (Wildman–Crippen MR) is 88.1 cm³/mol. The van der Waals surface area contributed by atoms with E-state index in [1.807, 2.05) is 17.0 Å². The molecule has 1 saturated heterocycles. The summed E-state index contributed by atoms with van der Waals surface area (Å²) in [5.41, 5.74) is 1.12. The number of hydrogen-bond donors (Lipinski definition) is 1. The first kappa shape index (κ1) is 15.2. The van der Waals surface area contributed by atoms with Gasteiger partial charge in [-0.05, 0) is 36.6 Å². The molecule has 1 amide bonds. The first-order chi connectivity index (χ1) is 10.7. The lowest BCUT2D eigenvalue weighted by Gasteiger charge is -2.36. The summed E-state index contributed by atoms with van der Waals surface area (Å²) in [6.45, 7) is 3.37. The third kappa shape index (κ3) is 3.73. The van der Waals surface area contributed by atoms with Gasteiger partial charge in [-0.3, -0.25) is 4.79 Å². The van der Waals surface area contributed by atoms with Gasteiger partial charge in [0.05, 0.1) is 0 Å². The Labute approximate surface area is 132 Å². The van der Waals surface area contributed by atoms with Crippen LogP contribution in [0.2, 0.25) is 0 Å². The van der Waals surface area contributed by atoms with Crippen molar-refractivity contribution in [1.82, 2.24) is 4.90 Å². The van der Waals surface area contributed by atoms with Gasteiger partial charge in [0.15, 0.2) is 0 Å². The molecule has 0 radical (unpaired) electrons. The van der Waals surface area contributed by atoms with Crippen molar-refractivity contribution in [3.05, 3.63) is 24.3 Å². The van der Waals surface area contributed by atoms with Crippen molar-refractivity contribution >= 4 is 11.6 Å². The summed E-state index contributed by atoms with van der Waals surface area (Å²) >= 11 is 0. The van der Waals surface area contributed by atoms with Crippen molar-refractivity contribution < 1.29 is 9.90 Å². The molecule has 1 heterocycles. The molecule has 2 fully saturated rings. The van der Waals surface area contributed by atoms with Gasteiger partial charge in [0.25, 0.3) is 0 Å². The number of carbonyl (C=O) groups is 1. The maximum Gasteiger partial charge on any atom is 0.222 e. The summed E-state index contributed by atoms with van der Waals surface area (Å²) < 4.78 is 0. The van der Waals surface area contributed by atoms with Crippen LogP contribution in [-0.4, -0.2) is 42.1 Å². The van der Waals surface area contributed by atoms with Gasteiger partial charge in [0, 0.05) is 38.3 Å². The Balaban J connectivity index is 1.44. The Morgan fingerprint density at radius 3 is 2.32 bits per heavy atom. The highest BCUT2D eigenvalue weighted by Crippen LogP contribution is 2.29. The zero-order valence-electron chi connectivity index (χ0n) is 13.2. The van der Waals surface area contributed by atoms with E-state index in [4.69, 9.17) is 0 Å². The van der Waals surface area contributed by atoms with Gasteiger partial charge in [-0.15, -0.1) is 0 Å². The first-order valence-electron chi connectivity index (χ1n) is 8.54. The average molecular weight is 302 g/mol. The number of anilines is 1. The average Bonchev–Trinajstić information content (AvgIpc) is 3.07.